The third kappa shape index (κ3) is 4.59. The van der Waals surface area contributed by atoms with E-state index in [9.17, 15) is 13.2 Å². The standard InChI is InChI=1S/C24H28N2O6S/c1-15-11-13-17(14-12-15)33(28,29)21-16(2)25-26(24(3,4)5)22(21)32-23(27)18-9-8-10-19(30-6)20(18)31-7/h8-14H,1-7H3. The smallest absolute Gasteiger partial charge is 0.348 e. The van der Waals surface area contributed by atoms with E-state index >= 15 is 0 Å². The Labute approximate surface area is 194 Å². The summed E-state index contributed by atoms with van der Waals surface area (Å²) in [7, 11) is -1.17. The number of aromatic nitrogens is 2. The predicted octanol–water partition coefficient (Wildman–Crippen LogP) is 4.32. The number of esters is 1. The highest BCUT2D eigenvalue weighted by atomic mass is 32.2. The first kappa shape index (κ1) is 24.3. The number of ether oxygens (including phenoxy) is 3. The van der Waals surface area contributed by atoms with Crippen molar-refractivity contribution in [3.05, 3.63) is 59.3 Å². The van der Waals surface area contributed by atoms with Gasteiger partial charge in [-0.2, -0.15) is 5.10 Å². The molecule has 1 aromatic heterocycles. The number of hydrogen-bond acceptors (Lipinski definition) is 7. The Morgan fingerprint density at radius 2 is 1.61 bits per heavy atom. The molecule has 176 valence electrons. The van der Waals surface area contributed by atoms with Crippen LogP contribution in [0.15, 0.2) is 52.3 Å². The van der Waals surface area contributed by atoms with E-state index in [1.54, 1.807) is 31.2 Å². The number of hydrogen-bond donors (Lipinski definition) is 0. The van der Waals surface area contributed by atoms with E-state index in [-0.39, 0.29) is 32.7 Å². The highest BCUT2D eigenvalue weighted by Gasteiger charge is 2.35. The van der Waals surface area contributed by atoms with Gasteiger partial charge in [-0.3, -0.25) is 0 Å². The fourth-order valence-electron chi connectivity index (χ4n) is 3.37. The Kier molecular flexibility index (Phi) is 6.56. The van der Waals surface area contributed by atoms with Crippen molar-refractivity contribution >= 4 is 15.8 Å². The Balaban J connectivity index is 2.20. The van der Waals surface area contributed by atoms with E-state index in [4.69, 9.17) is 14.2 Å². The van der Waals surface area contributed by atoms with Gasteiger partial charge in [-0.25, -0.2) is 17.9 Å². The van der Waals surface area contributed by atoms with Gasteiger partial charge in [-0.15, -0.1) is 0 Å². The molecular formula is C24H28N2O6S. The van der Waals surface area contributed by atoms with E-state index in [0.29, 0.717) is 5.75 Å². The number of sulfone groups is 1. The molecule has 0 spiro atoms. The molecule has 0 unspecified atom stereocenters. The molecule has 0 radical (unpaired) electrons. The van der Waals surface area contributed by atoms with Crippen LogP contribution >= 0.6 is 0 Å². The highest BCUT2D eigenvalue weighted by molar-refractivity contribution is 7.91. The molecule has 0 saturated heterocycles. The minimum atomic E-state index is -4.03. The molecule has 0 atom stereocenters. The lowest BCUT2D eigenvalue weighted by Crippen LogP contribution is -2.26. The molecule has 0 N–H and O–H groups in total. The van der Waals surface area contributed by atoms with Gasteiger partial charge in [0, 0.05) is 0 Å². The van der Waals surface area contributed by atoms with Crippen molar-refractivity contribution in [2.75, 3.05) is 14.2 Å². The van der Waals surface area contributed by atoms with Crippen LogP contribution in [-0.4, -0.2) is 38.4 Å². The van der Waals surface area contributed by atoms with Crippen LogP contribution in [0.25, 0.3) is 0 Å². The Hall–Kier alpha value is -3.33. The molecule has 0 aliphatic rings. The molecule has 1 heterocycles. The summed E-state index contributed by atoms with van der Waals surface area (Å²) >= 11 is 0. The summed E-state index contributed by atoms with van der Waals surface area (Å²) in [6.07, 6.45) is 0. The normalized spacial score (nSPS) is 11.8. The first-order chi connectivity index (χ1) is 15.4. The average molecular weight is 473 g/mol. The van der Waals surface area contributed by atoms with Crippen molar-refractivity contribution in [3.8, 4) is 17.4 Å². The van der Waals surface area contributed by atoms with Crippen LogP contribution in [0.2, 0.25) is 0 Å². The number of para-hydroxylation sites is 1. The third-order valence-electron chi connectivity index (χ3n) is 5.01. The van der Waals surface area contributed by atoms with Gasteiger partial charge in [0.25, 0.3) is 0 Å². The fraction of sp³-hybridized carbons (Fsp3) is 0.333. The molecule has 3 aromatic rings. The SMILES string of the molecule is COc1cccc(C(=O)Oc2c(S(=O)(=O)c3ccc(C)cc3)c(C)nn2C(C)(C)C)c1OC. The van der Waals surface area contributed by atoms with Gasteiger partial charge in [-0.1, -0.05) is 23.8 Å². The number of carbonyl (C=O) groups excluding carboxylic acids is 1. The second kappa shape index (κ2) is 8.90. The van der Waals surface area contributed by atoms with Crippen molar-refractivity contribution in [1.82, 2.24) is 9.78 Å². The van der Waals surface area contributed by atoms with Gasteiger partial charge >= 0.3 is 5.97 Å². The lowest BCUT2D eigenvalue weighted by molar-refractivity contribution is 0.0699. The molecule has 2 aromatic carbocycles. The number of benzene rings is 2. The van der Waals surface area contributed by atoms with E-state index in [2.05, 4.69) is 5.10 Å². The average Bonchev–Trinajstić information content (AvgIpc) is 3.10. The summed E-state index contributed by atoms with van der Waals surface area (Å²) in [4.78, 5) is 13.1. The minimum absolute atomic E-state index is 0.0842. The predicted molar refractivity (Wildman–Crippen MR) is 123 cm³/mol. The van der Waals surface area contributed by atoms with Crippen molar-refractivity contribution in [1.29, 1.82) is 0 Å². The van der Waals surface area contributed by atoms with Crippen LogP contribution in [0.5, 0.6) is 17.4 Å². The zero-order valence-electron chi connectivity index (χ0n) is 19.8. The number of methoxy groups -OCH3 is 2. The molecule has 0 saturated carbocycles. The van der Waals surface area contributed by atoms with Gasteiger partial charge in [0.05, 0.1) is 30.3 Å². The van der Waals surface area contributed by atoms with E-state index in [0.717, 1.165) is 5.56 Å². The van der Waals surface area contributed by atoms with Gasteiger partial charge in [-0.05, 0) is 58.9 Å². The second-order valence-corrected chi connectivity index (χ2v) is 10.4. The molecule has 3 rings (SSSR count). The molecule has 0 aliphatic carbocycles. The minimum Gasteiger partial charge on any atom is -0.493 e. The maximum atomic E-state index is 13.6. The first-order valence-corrected chi connectivity index (χ1v) is 11.7. The zero-order chi connectivity index (χ0) is 24.6. The molecule has 33 heavy (non-hydrogen) atoms. The Bertz CT molecular complexity index is 1290. The summed E-state index contributed by atoms with van der Waals surface area (Å²) in [6.45, 7) is 8.96. The van der Waals surface area contributed by atoms with Crippen molar-refractivity contribution in [3.63, 3.8) is 0 Å². The van der Waals surface area contributed by atoms with Crippen LogP contribution in [0.4, 0.5) is 0 Å². The van der Waals surface area contributed by atoms with E-state index in [1.165, 1.54) is 37.1 Å². The quantitative estimate of drug-likeness (QED) is 0.493. The summed E-state index contributed by atoms with van der Waals surface area (Å²) in [5.41, 5.74) is 0.577. The lowest BCUT2D eigenvalue weighted by atomic mass is 10.1. The third-order valence-corrected chi connectivity index (χ3v) is 6.91. The van der Waals surface area contributed by atoms with Gasteiger partial charge in [0.15, 0.2) is 16.4 Å². The van der Waals surface area contributed by atoms with Gasteiger partial charge < -0.3 is 14.2 Å². The molecule has 0 amide bonds. The van der Waals surface area contributed by atoms with Crippen molar-refractivity contribution < 1.29 is 27.4 Å². The van der Waals surface area contributed by atoms with Crippen LogP contribution in [0.1, 0.15) is 42.4 Å². The lowest BCUT2D eigenvalue weighted by Gasteiger charge is -2.22. The summed E-state index contributed by atoms with van der Waals surface area (Å²) in [5.74, 6) is -0.418. The molecule has 9 heteroatoms. The van der Waals surface area contributed by atoms with Gasteiger partial charge in [0.2, 0.25) is 15.7 Å². The molecule has 0 bridgehead atoms. The number of aryl methyl sites for hydroxylation is 2. The van der Waals surface area contributed by atoms with Crippen LogP contribution in [0, 0.1) is 13.8 Å². The summed E-state index contributed by atoms with van der Waals surface area (Å²) in [6, 6.07) is 11.2. The largest absolute Gasteiger partial charge is 0.493 e. The molecule has 8 nitrogen and oxygen atoms in total. The fourth-order valence-corrected chi connectivity index (χ4v) is 4.89. The van der Waals surface area contributed by atoms with Gasteiger partial charge in [0.1, 0.15) is 5.56 Å². The summed E-state index contributed by atoms with van der Waals surface area (Å²) < 4.78 is 44.9. The van der Waals surface area contributed by atoms with Crippen LogP contribution in [0.3, 0.4) is 0 Å². The maximum absolute atomic E-state index is 13.6. The van der Waals surface area contributed by atoms with Crippen LogP contribution in [-0.2, 0) is 15.4 Å². The number of rotatable bonds is 6. The Morgan fingerprint density at radius 3 is 2.15 bits per heavy atom. The molecule has 0 fully saturated rings. The second-order valence-electron chi connectivity index (χ2n) is 8.55. The van der Waals surface area contributed by atoms with Crippen molar-refractivity contribution in [2.45, 2.75) is 49.9 Å². The van der Waals surface area contributed by atoms with E-state index < -0.39 is 21.3 Å². The molecular weight excluding hydrogens is 444 g/mol. The van der Waals surface area contributed by atoms with E-state index in [1.807, 2.05) is 27.7 Å². The first-order valence-electron chi connectivity index (χ1n) is 10.3. The number of nitrogens with zero attached hydrogens (tertiary/aromatic N) is 2. The van der Waals surface area contributed by atoms with Crippen molar-refractivity contribution in [2.24, 2.45) is 0 Å². The molecule has 0 aliphatic heterocycles. The maximum Gasteiger partial charge on any atom is 0.348 e. The monoisotopic (exact) mass is 472 g/mol. The zero-order valence-corrected chi connectivity index (χ0v) is 20.6. The summed E-state index contributed by atoms with van der Waals surface area (Å²) in [5, 5.41) is 4.42. The number of carbonyl (C=O) groups is 1. The van der Waals surface area contributed by atoms with Crippen LogP contribution < -0.4 is 14.2 Å². The highest BCUT2D eigenvalue weighted by Crippen LogP contribution is 2.37. The Morgan fingerprint density at radius 1 is 0.970 bits per heavy atom. The topological polar surface area (TPSA) is 96.7 Å².